The van der Waals surface area contributed by atoms with Gasteiger partial charge in [0, 0.05) is 10.8 Å². The van der Waals surface area contributed by atoms with E-state index in [0.29, 0.717) is 11.8 Å². The first-order chi connectivity index (χ1) is 22.5. The summed E-state index contributed by atoms with van der Waals surface area (Å²) in [4.78, 5) is 52.9. The Morgan fingerprint density at radius 3 is 1.31 bits per heavy atom. The summed E-state index contributed by atoms with van der Waals surface area (Å²) in [6.45, 7) is 8.38. The molecule has 262 valence electrons. The number of halogens is 6. The van der Waals surface area contributed by atoms with Gasteiger partial charge in [0.25, 0.3) is 0 Å². The number of esters is 4. The molecular weight excluding hydrogens is 749 g/mol. The first kappa shape index (κ1) is 38.9. The van der Waals surface area contributed by atoms with Crippen LogP contribution in [0.5, 0.6) is 11.5 Å². The highest BCUT2D eigenvalue weighted by atomic mass is 35.5. The molecule has 2 aromatic carbocycles. The van der Waals surface area contributed by atoms with Crippen molar-refractivity contribution in [3.05, 3.63) is 53.4 Å². The van der Waals surface area contributed by atoms with E-state index in [0.717, 1.165) is 63.5 Å². The molecule has 48 heavy (non-hydrogen) atoms. The molecule has 2 aliphatic rings. The van der Waals surface area contributed by atoms with Gasteiger partial charge in [0.05, 0.1) is 43.3 Å². The molecule has 2 saturated carbocycles. The second-order valence-electron chi connectivity index (χ2n) is 13.2. The Bertz CT molecular complexity index is 1500. The smallest absolute Gasteiger partial charge is 0.423 e. The molecule has 0 aliphatic heterocycles. The maximum Gasteiger partial charge on any atom is 0.423 e. The summed E-state index contributed by atoms with van der Waals surface area (Å²) in [6.07, 6.45) is 7.85. The average molecular weight is 785 g/mol. The maximum absolute atomic E-state index is 13.3. The van der Waals surface area contributed by atoms with Crippen LogP contribution in [0.4, 0.5) is 0 Å². The highest BCUT2D eigenvalue weighted by Crippen LogP contribution is 2.45. The molecule has 0 spiro atoms. The normalized spacial score (nSPS) is 24.0. The topological polar surface area (TPSA) is 105 Å². The van der Waals surface area contributed by atoms with Crippen molar-refractivity contribution in [2.45, 2.75) is 79.1 Å². The van der Waals surface area contributed by atoms with Crippen LogP contribution in [0.15, 0.2) is 12.1 Å². The van der Waals surface area contributed by atoms with Crippen LogP contribution >= 0.6 is 69.6 Å². The Morgan fingerprint density at radius 1 is 0.625 bits per heavy atom. The minimum absolute atomic E-state index is 0.0651. The molecule has 2 fully saturated rings. The van der Waals surface area contributed by atoms with Gasteiger partial charge in [-0.25, -0.2) is 19.2 Å². The molecule has 0 N–H and O–H groups in total. The van der Waals surface area contributed by atoms with Crippen molar-refractivity contribution in [3.63, 3.8) is 0 Å². The van der Waals surface area contributed by atoms with Crippen LogP contribution < -0.4 is 9.47 Å². The first-order valence-electron chi connectivity index (χ1n) is 15.6. The van der Waals surface area contributed by atoms with Crippen LogP contribution in [-0.2, 0) is 19.1 Å². The summed E-state index contributed by atoms with van der Waals surface area (Å²) in [7, 11) is 0. The Hall–Kier alpha value is -1.94. The molecular formula is C34H36Cl6O8. The molecule has 2 aliphatic carbocycles. The van der Waals surface area contributed by atoms with Gasteiger partial charge < -0.3 is 18.9 Å². The third kappa shape index (κ3) is 8.50. The second-order valence-corrected chi connectivity index (χ2v) is 15.6. The van der Waals surface area contributed by atoms with Crippen LogP contribution in [-0.4, -0.2) is 37.1 Å². The molecule has 0 heterocycles. The maximum atomic E-state index is 13.3. The highest BCUT2D eigenvalue weighted by molar-refractivity contribution is 6.47. The number of benzene rings is 2. The fourth-order valence-electron chi connectivity index (χ4n) is 6.17. The van der Waals surface area contributed by atoms with E-state index >= 15 is 0 Å². The Kier molecular flexibility index (Phi) is 12.9. The average Bonchev–Trinajstić information content (AvgIpc) is 3.03. The lowest BCUT2D eigenvalue weighted by atomic mass is 9.69. The van der Waals surface area contributed by atoms with E-state index in [1.54, 1.807) is 0 Å². The van der Waals surface area contributed by atoms with E-state index in [2.05, 4.69) is 13.8 Å². The molecule has 4 unspecified atom stereocenters. The summed E-state index contributed by atoms with van der Waals surface area (Å²) >= 11 is 37.7. The van der Waals surface area contributed by atoms with E-state index in [4.69, 9.17) is 88.6 Å². The fraction of sp³-hybridized carbons (Fsp3) is 0.529. The third-order valence-electron chi connectivity index (χ3n) is 9.93. The van der Waals surface area contributed by atoms with Crippen molar-refractivity contribution < 1.29 is 38.1 Å². The van der Waals surface area contributed by atoms with Crippen molar-refractivity contribution in [2.75, 3.05) is 13.2 Å². The zero-order chi connectivity index (χ0) is 35.6. The van der Waals surface area contributed by atoms with Gasteiger partial charge in [-0.05, 0) is 36.8 Å². The number of carbonyl (C=O) groups excluding carboxylic acids is 4. The molecule has 2 aromatic rings. The molecule has 0 saturated heterocycles. The van der Waals surface area contributed by atoms with E-state index in [1.807, 2.05) is 13.8 Å². The van der Waals surface area contributed by atoms with E-state index in [1.165, 1.54) is 0 Å². The lowest BCUT2D eigenvalue weighted by Gasteiger charge is -2.39. The van der Waals surface area contributed by atoms with Gasteiger partial charge in [-0.2, -0.15) is 0 Å². The van der Waals surface area contributed by atoms with Crippen molar-refractivity contribution in [1.29, 1.82) is 0 Å². The Morgan fingerprint density at radius 2 is 0.979 bits per heavy atom. The predicted molar refractivity (Wildman–Crippen MR) is 186 cm³/mol. The lowest BCUT2D eigenvalue weighted by molar-refractivity contribution is -0.156. The zero-order valence-electron chi connectivity index (χ0n) is 26.9. The van der Waals surface area contributed by atoms with E-state index in [9.17, 15) is 19.2 Å². The van der Waals surface area contributed by atoms with Crippen LogP contribution in [0.3, 0.4) is 0 Å². The van der Waals surface area contributed by atoms with Gasteiger partial charge in [0.2, 0.25) is 0 Å². The van der Waals surface area contributed by atoms with Gasteiger partial charge in [0.15, 0.2) is 11.5 Å². The Labute approximate surface area is 309 Å². The van der Waals surface area contributed by atoms with Gasteiger partial charge in [0.1, 0.15) is 11.1 Å². The highest BCUT2D eigenvalue weighted by Gasteiger charge is 2.38. The second kappa shape index (κ2) is 15.9. The molecule has 4 atom stereocenters. The van der Waals surface area contributed by atoms with Crippen LogP contribution in [0.1, 0.15) is 99.8 Å². The minimum atomic E-state index is -1.64. The Balaban J connectivity index is 1.56. The molecule has 8 nitrogen and oxygen atoms in total. The summed E-state index contributed by atoms with van der Waals surface area (Å²) in [5.74, 6) is -5.76. The molecule has 0 bridgehead atoms. The van der Waals surface area contributed by atoms with Crippen LogP contribution in [0.25, 0.3) is 0 Å². The number of rotatable bonds is 8. The SMILES string of the molecule is CC1CCCCC1(C)COC(=O)c1c(Cl)c(Cl)cc(Cl)c1OC(=O)C(=O)Oc1c(Cl)cc(Cl)c(Cl)c1C(=O)OCC1(C)CCCCC1C. The lowest BCUT2D eigenvalue weighted by Crippen LogP contribution is -2.35. The monoisotopic (exact) mass is 782 g/mol. The molecule has 14 heteroatoms. The van der Waals surface area contributed by atoms with Crippen molar-refractivity contribution in [1.82, 2.24) is 0 Å². The number of ether oxygens (including phenoxy) is 4. The summed E-state index contributed by atoms with van der Waals surface area (Å²) in [6, 6.07) is 2.27. The van der Waals surface area contributed by atoms with Gasteiger partial charge in [-0.1, -0.05) is 136 Å². The predicted octanol–water partition coefficient (Wildman–Crippen LogP) is 10.9. The molecule has 0 aromatic heterocycles. The van der Waals surface area contributed by atoms with Crippen molar-refractivity contribution in [2.24, 2.45) is 22.7 Å². The van der Waals surface area contributed by atoms with Gasteiger partial charge in [-0.15, -0.1) is 0 Å². The standard InChI is InChI=1S/C34H36Cl6O8/c1-17-9-5-7-11-33(17,3)15-45-29(41)23-25(39)19(35)13-21(37)27(23)47-31(43)32(44)48-28-22(38)14-20(36)26(40)24(28)30(42)46-16-34(4)12-8-6-10-18(34)2/h13-14,17-18H,5-12,15-16H2,1-4H3. The molecule has 4 rings (SSSR count). The minimum Gasteiger partial charge on any atom is -0.461 e. The summed E-state index contributed by atoms with van der Waals surface area (Å²) in [5, 5.41) is -1.45. The quantitative estimate of drug-likeness (QED) is 0.113. The van der Waals surface area contributed by atoms with Crippen molar-refractivity contribution >= 4 is 93.5 Å². The zero-order valence-corrected chi connectivity index (χ0v) is 31.4. The van der Waals surface area contributed by atoms with Gasteiger partial charge in [-0.3, -0.25) is 0 Å². The number of hydrogen-bond donors (Lipinski definition) is 0. The van der Waals surface area contributed by atoms with Gasteiger partial charge >= 0.3 is 23.9 Å². The fourth-order valence-corrected chi connectivity index (χ4v) is 7.61. The number of hydrogen-bond acceptors (Lipinski definition) is 8. The van der Waals surface area contributed by atoms with Crippen LogP contribution in [0, 0.1) is 22.7 Å². The largest absolute Gasteiger partial charge is 0.461 e. The van der Waals surface area contributed by atoms with Crippen molar-refractivity contribution in [3.8, 4) is 11.5 Å². The molecule has 0 amide bonds. The first-order valence-corrected chi connectivity index (χ1v) is 17.9. The van der Waals surface area contributed by atoms with E-state index in [-0.39, 0.29) is 54.2 Å². The third-order valence-corrected chi connectivity index (χ3v) is 12.1. The number of carbonyl (C=O) groups is 4. The summed E-state index contributed by atoms with van der Waals surface area (Å²) < 4.78 is 21.7. The van der Waals surface area contributed by atoms with Crippen LogP contribution in [0.2, 0.25) is 30.1 Å². The molecule has 0 radical (unpaired) electrons. The summed E-state index contributed by atoms with van der Waals surface area (Å²) in [5.41, 5.74) is -1.48. The van der Waals surface area contributed by atoms with E-state index < -0.39 is 46.5 Å².